The van der Waals surface area contributed by atoms with Gasteiger partial charge in [0.2, 0.25) is 0 Å². The molecular weight excluding hydrogens is 192 g/mol. The lowest BCUT2D eigenvalue weighted by Gasteiger charge is -2.24. The number of Topliss-reactive ketones (excluding diaryl/α,β-unsaturated/α-hetero) is 1. The average Bonchev–Trinajstić information content (AvgIpc) is 2.66. The van der Waals surface area contributed by atoms with Crippen LogP contribution in [0.1, 0.15) is 51.9 Å². The van der Waals surface area contributed by atoms with E-state index in [2.05, 4.69) is 0 Å². The molecule has 3 nitrogen and oxygen atoms in total. The topological polar surface area (TPSA) is 43.4 Å². The standard InChI is InChI=1S/C12H20O3/c1-3-6-10(13)9-12(11(14)15-2)7-4-5-8-12/h3-9H2,1-2H3. The molecule has 0 amide bonds. The minimum absolute atomic E-state index is 0.190. The third kappa shape index (κ3) is 2.80. The van der Waals surface area contributed by atoms with Crippen molar-refractivity contribution >= 4 is 11.8 Å². The second-order valence-corrected chi connectivity index (χ2v) is 4.44. The van der Waals surface area contributed by atoms with Crippen LogP contribution in [0.2, 0.25) is 0 Å². The monoisotopic (exact) mass is 212 g/mol. The van der Waals surface area contributed by atoms with Gasteiger partial charge < -0.3 is 4.74 Å². The Morgan fingerprint density at radius 2 is 1.87 bits per heavy atom. The van der Waals surface area contributed by atoms with E-state index in [9.17, 15) is 9.59 Å². The number of carbonyl (C=O) groups is 2. The Morgan fingerprint density at radius 3 is 2.33 bits per heavy atom. The number of rotatable bonds is 5. The smallest absolute Gasteiger partial charge is 0.312 e. The lowest BCUT2D eigenvalue weighted by Crippen LogP contribution is -2.32. The fraction of sp³-hybridized carbons (Fsp3) is 0.833. The molecule has 0 N–H and O–H groups in total. The maximum Gasteiger partial charge on any atom is 0.312 e. The third-order valence-corrected chi connectivity index (χ3v) is 3.24. The molecule has 3 heteroatoms. The fourth-order valence-corrected chi connectivity index (χ4v) is 2.47. The van der Waals surface area contributed by atoms with E-state index in [4.69, 9.17) is 4.74 Å². The maximum absolute atomic E-state index is 11.7. The predicted octanol–water partition coefficient (Wildman–Crippen LogP) is 2.48. The molecule has 1 aliphatic carbocycles. The number of ketones is 1. The summed E-state index contributed by atoms with van der Waals surface area (Å²) in [6, 6.07) is 0. The predicted molar refractivity (Wildman–Crippen MR) is 57.4 cm³/mol. The lowest BCUT2D eigenvalue weighted by molar-refractivity contribution is -0.154. The molecule has 0 spiro atoms. The molecule has 86 valence electrons. The van der Waals surface area contributed by atoms with Crippen LogP contribution in [-0.4, -0.2) is 18.9 Å². The van der Waals surface area contributed by atoms with E-state index in [1.807, 2.05) is 6.92 Å². The van der Waals surface area contributed by atoms with Crippen LogP contribution >= 0.6 is 0 Å². The first-order valence-electron chi connectivity index (χ1n) is 5.75. The molecule has 1 aliphatic rings. The zero-order valence-corrected chi connectivity index (χ0v) is 9.67. The Hall–Kier alpha value is -0.860. The first-order valence-corrected chi connectivity index (χ1v) is 5.75. The van der Waals surface area contributed by atoms with Gasteiger partial charge in [-0.3, -0.25) is 9.59 Å². The summed E-state index contributed by atoms with van der Waals surface area (Å²) in [7, 11) is 1.41. The summed E-state index contributed by atoms with van der Waals surface area (Å²) < 4.78 is 4.83. The molecule has 0 aromatic carbocycles. The van der Waals surface area contributed by atoms with Crippen molar-refractivity contribution < 1.29 is 14.3 Å². The highest BCUT2D eigenvalue weighted by Crippen LogP contribution is 2.42. The van der Waals surface area contributed by atoms with E-state index in [-0.39, 0.29) is 11.8 Å². The maximum atomic E-state index is 11.7. The summed E-state index contributed by atoms with van der Waals surface area (Å²) in [5.41, 5.74) is -0.485. The van der Waals surface area contributed by atoms with E-state index >= 15 is 0 Å². The zero-order chi connectivity index (χ0) is 11.3. The lowest BCUT2D eigenvalue weighted by atomic mass is 9.80. The van der Waals surface area contributed by atoms with Gasteiger partial charge in [0.05, 0.1) is 12.5 Å². The first kappa shape index (κ1) is 12.2. The van der Waals surface area contributed by atoms with Gasteiger partial charge in [-0.25, -0.2) is 0 Å². The minimum Gasteiger partial charge on any atom is -0.469 e. The van der Waals surface area contributed by atoms with Crippen molar-refractivity contribution in [2.75, 3.05) is 7.11 Å². The molecule has 0 heterocycles. The van der Waals surface area contributed by atoms with E-state index in [0.29, 0.717) is 12.8 Å². The summed E-state index contributed by atoms with van der Waals surface area (Å²) in [6.07, 6.45) is 5.52. The average molecular weight is 212 g/mol. The molecule has 1 saturated carbocycles. The van der Waals surface area contributed by atoms with Crippen molar-refractivity contribution in [2.45, 2.75) is 51.9 Å². The number of esters is 1. The summed E-state index contributed by atoms with van der Waals surface area (Å²) in [5.74, 6) is 0.00857. The molecule has 0 aromatic heterocycles. The largest absolute Gasteiger partial charge is 0.469 e. The Kier molecular flexibility index (Phi) is 4.30. The summed E-state index contributed by atoms with van der Waals surface area (Å²) in [4.78, 5) is 23.3. The van der Waals surface area contributed by atoms with E-state index in [0.717, 1.165) is 32.1 Å². The number of carbonyl (C=O) groups excluding carboxylic acids is 2. The molecule has 0 aliphatic heterocycles. The van der Waals surface area contributed by atoms with E-state index in [1.54, 1.807) is 0 Å². The number of hydrogen-bond donors (Lipinski definition) is 0. The van der Waals surface area contributed by atoms with Crippen molar-refractivity contribution in [3.8, 4) is 0 Å². The molecule has 1 rings (SSSR count). The number of ether oxygens (including phenoxy) is 1. The summed E-state index contributed by atoms with van der Waals surface area (Å²) in [5, 5.41) is 0. The van der Waals surface area contributed by atoms with Gasteiger partial charge in [0.1, 0.15) is 5.78 Å². The van der Waals surface area contributed by atoms with Gasteiger partial charge in [0.25, 0.3) is 0 Å². The van der Waals surface area contributed by atoms with Gasteiger partial charge in [-0.2, -0.15) is 0 Å². The minimum atomic E-state index is -0.485. The molecule has 0 aromatic rings. The summed E-state index contributed by atoms with van der Waals surface area (Å²) >= 11 is 0. The molecular formula is C12H20O3. The van der Waals surface area contributed by atoms with Crippen molar-refractivity contribution in [3.63, 3.8) is 0 Å². The Labute approximate surface area is 91.2 Å². The number of hydrogen-bond acceptors (Lipinski definition) is 3. The third-order valence-electron chi connectivity index (χ3n) is 3.24. The van der Waals surface area contributed by atoms with Crippen molar-refractivity contribution in [2.24, 2.45) is 5.41 Å². The first-order chi connectivity index (χ1) is 7.14. The number of methoxy groups -OCH3 is 1. The van der Waals surface area contributed by atoms with Gasteiger partial charge >= 0.3 is 5.97 Å². The van der Waals surface area contributed by atoms with Crippen molar-refractivity contribution in [1.82, 2.24) is 0 Å². The van der Waals surface area contributed by atoms with Gasteiger partial charge in [0.15, 0.2) is 0 Å². The molecule has 0 atom stereocenters. The van der Waals surface area contributed by atoms with Crippen LogP contribution in [0.25, 0.3) is 0 Å². The van der Waals surface area contributed by atoms with Crippen LogP contribution in [0.4, 0.5) is 0 Å². The van der Waals surface area contributed by atoms with Gasteiger partial charge in [0, 0.05) is 12.8 Å². The Balaban J connectivity index is 2.65. The molecule has 0 unspecified atom stereocenters. The highest BCUT2D eigenvalue weighted by atomic mass is 16.5. The van der Waals surface area contributed by atoms with Gasteiger partial charge in [-0.05, 0) is 19.3 Å². The molecule has 1 fully saturated rings. The Bertz CT molecular complexity index is 239. The van der Waals surface area contributed by atoms with Crippen LogP contribution in [-0.2, 0) is 14.3 Å². The van der Waals surface area contributed by atoms with Crippen LogP contribution in [0, 0.1) is 5.41 Å². The van der Waals surface area contributed by atoms with Crippen LogP contribution in [0.5, 0.6) is 0 Å². The molecule has 0 radical (unpaired) electrons. The molecule has 0 bridgehead atoms. The van der Waals surface area contributed by atoms with Crippen LogP contribution in [0.3, 0.4) is 0 Å². The highest BCUT2D eigenvalue weighted by Gasteiger charge is 2.43. The van der Waals surface area contributed by atoms with E-state index in [1.165, 1.54) is 7.11 Å². The van der Waals surface area contributed by atoms with Crippen LogP contribution < -0.4 is 0 Å². The van der Waals surface area contributed by atoms with Crippen molar-refractivity contribution in [1.29, 1.82) is 0 Å². The van der Waals surface area contributed by atoms with E-state index < -0.39 is 5.41 Å². The zero-order valence-electron chi connectivity index (χ0n) is 9.67. The quantitative estimate of drug-likeness (QED) is 0.657. The summed E-state index contributed by atoms with van der Waals surface area (Å²) in [6.45, 7) is 1.98. The second kappa shape index (κ2) is 5.29. The van der Waals surface area contributed by atoms with Gasteiger partial charge in [-0.1, -0.05) is 19.8 Å². The van der Waals surface area contributed by atoms with Crippen molar-refractivity contribution in [3.05, 3.63) is 0 Å². The molecule has 15 heavy (non-hydrogen) atoms. The highest BCUT2D eigenvalue weighted by molar-refractivity contribution is 5.87. The second-order valence-electron chi connectivity index (χ2n) is 4.44. The fourth-order valence-electron chi connectivity index (χ4n) is 2.47. The van der Waals surface area contributed by atoms with Crippen LogP contribution in [0.15, 0.2) is 0 Å². The normalized spacial score (nSPS) is 18.8. The van der Waals surface area contributed by atoms with Gasteiger partial charge in [-0.15, -0.1) is 0 Å². The SMILES string of the molecule is CCCC(=O)CC1(C(=O)OC)CCCC1. The molecule has 0 saturated heterocycles. The Morgan fingerprint density at radius 1 is 1.27 bits per heavy atom.